The van der Waals surface area contributed by atoms with Crippen LogP contribution in [0.4, 0.5) is 4.39 Å². The average molecular weight is 292 g/mol. The van der Waals surface area contributed by atoms with Gasteiger partial charge >= 0.3 is 5.97 Å². The van der Waals surface area contributed by atoms with Crippen LogP contribution in [0, 0.1) is 5.82 Å². The first-order valence-electron chi connectivity index (χ1n) is 6.16. The van der Waals surface area contributed by atoms with E-state index in [1.54, 1.807) is 6.92 Å². The molecule has 2 aromatic rings. The summed E-state index contributed by atoms with van der Waals surface area (Å²) in [5.41, 5.74) is 0.0391. The molecule has 0 fully saturated rings. The molecule has 0 spiro atoms. The van der Waals surface area contributed by atoms with E-state index < -0.39 is 11.8 Å². The van der Waals surface area contributed by atoms with Crippen molar-refractivity contribution in [3.63, 3.8) is 0 Å². The number of carboxylic acid groups (broad SMARTS) is 1. The van der Waals surface area contributed by atoms with Crippen LogP contribution < -0.4 is 9.47 Å². The van der Waals surface area contributed by atoms with E-state index in [0.717, 1.165) is 6.33 Å². The predicted octanol–water partition coefficient (Wildman–Crippen LogP) is 2.68. The summed E-state index contributed by atoms with van der Waals surface area (Å²) >= 11 is 0. The van der Waals surface area contributed by atoms with Gasteiger partial charge in [0.25, 0.3) is 5.88 Å². The summed E-state index contributed by atoms with van der Waals surface area (Å²) in [7, 11) is 1.36. The molecular formula is C14H13FN2O4. The Labute approximate surface area is 120 Å². The molecule has 0 saturated carbocycles. The number of aromatic carboxylic acids is 1. The maximum Gasteiger partial charge on any atom is 0.339 e. The maximum atomic E-state index is 14.1. The molecule has 0 aliphatic heterocycles. The Morgan fingerprint density at radius 3 is 2.76 bits per heavy atom. The summed E-state index contributed by atoms with van der Waals surface area (Å²) in [6, 6.07) is 4.35. The number of aromatic nitrogens is 2. The molecule has 0 saturated heterocycles. The largest absolute Gasteiger partial charge is 0.493 e. The summed E-state index contributed by atoms with van der Waals surface area (Å²) in [5.74, 6) is -2.21. The van der Waals surface area contributed by atoms with Gasteiger partial charge in [-0.3, -0.25) is 0 Å². The third kappa shape index (κ3) is 2.91. The van der Waals surface area contributed by atoms with Crippen LogP contribution in [-0.2, 0) is 6.42 Å². The lowest BCUT2D eigenvalue weighted by Crippen LogP contribution is -2.05. The molecule has 1 heterocycles. The van der Waals surface area contributed by atoms with Crippen molar-refractivity contribution in [1.29, 1.82) is 0 Å². The normalized spacial score (nSPS) is 10.2. The molecule has 1 aromatic carbocycles. The summed E-state index contributed by atoms with van der Waals surface area (Å²) in [6.07, 6.45) is 1.52. The van der Waals surface area contributed by atoms with Crippen molar-refractivity contribution in [2.24, 2.45) is 0 Å². The van der Waals surface area contributed by atoms with Gasteiger partial charge in [0.05, 0.1) is 12.8 Å². The molecule has 110 valence electrons. The second kappa shape index (κ2) is 6.17. The number of aryl methyl sites for hydroxylation is 1. The second-order valence-electron chi connectivity index (χ2n) is 4.04. The molecule has 0 aliphatic carbocycles. The number of para-hydroxylation sites is 1. The number of hydrogen-bond donors (Lipinski definition) is 1. The van der Waals surface area contributed by atoms with E-state index in [0.29, 0.717) is 6.42 Å². The van der Waals surface area contributed by atoms with Gasteiger partial charge in [0.15, 0.2) is 11.5 Å². The zero-order chi connectivity index (χ0) is 15.4. The third-order valence-corrected chi connectivity index (χ3v) is 2.79. The Morgan fingerprint density at radius 1 is 1.38 bits per heavy atom. The summed E-state index contributed by atoms with van der Waals surface area (Å²) in [4.78, 5) is 18.7. The Balaban J connectivity index is 2.51. The van der Waals surface area contributed by atoms with Crippen molar-refractivity contribution in [2.45, 2.75) is 13.3 Å². The summed E-state index contributed by atoms with van der Waals surface area (Å²) in [5, 5.41) is 9.17. The number of ether oxygens (including phenoxy) is 2. The fourth-order valence-corrected chi connectivity index (χ4v) is 1.75. The molecule has 2 rings (SSSR count). The average Bonchev–Trinajstić information content (AvgIpc) is 2.49. The first kappa shape index (κ1) is 14.7. The molecule has 0 aliphatic rings. The Kier molecular flexibility index (Phi) is 4.32. The minimum Gasteiger partial charge on any atom is -0.493 e. The lowest BCUT2D eigenvalue weighted by atomic mass is 10.2. The summed E-state index contributed by atoms with van der Waals surface area (Å²) < 4.78 is 24.5. The molecule has 0 atom stereocenters. The van der Waals surface area contributed by atoms with E-state index in [4.69, 9.17) is 9.47 Å². The molecular weight excluding hydrogens is 279 g/mol. The topological polar surface area (TPSA) is 81.5 Å². The highest BCUT2D eigenvalue weighted by atomic mass is 19.1. The van der Waals surface area contributed by atoms with E-state index in [-0.39, 0.29) is 28.6 Å². The molecule has 1 aromatic heterocycles. The number of benzene rings is 1. The maximum absolute atomic E-state index is 14.1. The van der Waals surface area contributed by atoms with Crippen LogP contribution in [0.2, 0.25) is 0 Å². The number of carboxylic acids is 1. The number of hydrogen-bond acceptors (Lipinski definition) is 5. The van der Waals surface area contributed by atoms with Crippen molar-refractivity contribution >= 4 is 5.97 Å². The van der Waals surface area contributed by atoms with E-state index in [2.05, 4.69) is 9.97 Å². The van der Waals surface area contributed by atoms with Crippen LogP contribution in [0.3, 0.4) is 0 Å². The first-order valence-corrected chi connectivity index (χ1v) is 6.16. The van der Waals surface area contributed by atoms with Gasteiger partial charge in [-0.05, 0) is 18.6 Å². The standard InChI is InChI=1S/C14H13FN2O4/c1-3-9-11(15)13(17-7-16-9)21-12-8(14(18)19)5-4-6-10(12)20-2/h4-7H,3H2,1-2H3,(H,18,19). The van der Waals surface area contributed by atoms with E-state index in [1.165, 1.54) is 25.3 Å². The third-order valence-electron chi connectivity index (χ3n) is 2.79. The van der Waals surface area contributed by atoms with Gasteiger partial charge in [0, 0.05) is 0 Å². The molecule has 6 nitrogen and oxygen atoms in total. The van der Waals surface area contributed by atoms with E-state index in [9.17, 15) is 14.3 Å². The fraction of sp³-hybridized carbons (Fsp3) is 0.214. The Morgan fingerprint density at radius 2 is 2.14 bits per heavy atom. The molecule has 1 N–H and O–H groups in total. The highest BCUT2D eigenvalue weighted by Crippen LogP contribution is 2.35. The SMILES string of the molecule is CCc1ncnc(Oc2c(OC)cccc2C(=O)O)c1F. The van der Waals surface area contributed by atoms with Crippen molar-refractivity contribution in [1.82, 2.24) is 9.97 Å². The smallest absolute Gasteiger partial charge is 0.339 e. The van der Waals surface area contributed by atoms with Gasteiger partial charge in [-0.1, -0.05) is 13.0 Å². The van der Waals surface area contributed by atoms with Crippen LogP contribution in [0.5, 0.6) is 17.4 Å². The first-order chi connectivity index (χ1) is 10.1. The highest BCUT2D eigenvalue weighted by Gasteiger charge is 2.20. The molecule has 0 unspecified atom stereocenters. The van der Waals surface area contributed by atoms with Crippen LogP contribution in [0.15, 0.2) is 24.5 Å². The zero-order valence-corrected chi connectivity index (χ0v) is 11.5. The van der Waals surface area contributed by atoms with E-state index in [1.807, 2.05) is 0 Å². The van der Waals surface area contributed by atoms with Gasteiger partial charge in [0.1, 0.15) is 11.9 Å². The van der Waals surface area contributed by atoms with Crippen LogP contribution in [-0.4, -0.2) is 28.2 Å². The number of rotatable bonds is 5. The van der Waals surface area contributed by atoms with E-state index >= 15 is 0 Å². The zero-order valence-electron chi connectivity index (χ0n) is 11.5. The van der Waals surface area contributed by atoms with Gasteiger partial charge in [-0.25, -0.2) is 9.78 Å². The lowest BCUT2D eigenvalue weighted by Gasteiger charge is -2.12. The monoisotopic (exact) mass is 292 g/mol. The number of carbonyl (C=O) groups is 1. The number of methoxy groups -OCH3 is 1. The quantitative estimate of drug-likeness (QED) is 0.912. The fourth-order valence-electron chi connectivity index (χ4n) is 1.75. The minimum absolute atomic E-state index is 0.104. The number of nitrogens with zero attached hydrogens (tertiary/aromatic N) is 2. The second-order valence-corrected chi connectivity index (χ2v) is 4.04. The van der Waals surface area contributed by atoms with Crippen LogP contribution in [0.25, 0.3) is 0 Å². The van der Waals surface area contributed by atoms with Crippen LogP contribution in [0.1, 0.15) is 23.0 Å². The Hall–Kier alpha value is -2.70. The van der Waals surface area contributed by atoms with Crippen LogP contribution >= 0.6 is 0 Å². The van der Waals surface area contributed by atoms with Gasteiger partial charge in [-0.15, -0.1) is 0 Å². The molecule has 0 bridgehead atoms. The van der Waals surface area contributed by atoms with Crippen molar-refractivity contribution < 1.29 is 23.8 Å². The molecule has 7 heteroatoms. The van der Waals surface area contributed by atoms with Crippen molar-refractivity contribution in [3.8, 4) is 17.4 Å². The van der Waals surface area contributed by atoms with Crippen molar-refractivity contribution in [3.05, 3.63) is 41.6 Å². The van der Waals surface area contributed by atoms with Crippen molar-refractivity contribution in [2.75, 3.05) is 7.11 Å². The Bertz CT molecular complexity index is 676. The summed E-state index contributed by atoms with van der Waals surface area (Å²) in [6.45, 7) is 1.74. The van der Waals surface area contributed by atoms with Gasteiger partial charge in [0.2, 0.25) is 5.82 Å². The molecule has 0 radical (unpaired) electrons. The number of halogens is 1. The van der Waals surface area contributed by atoms with Gasteiger partial charge < -0.3 is 14.6 Å². The van der Waals surface area contributed by atoms with Gasteiger partial charge in [-0.2, -0.15) is 9.37 Å². The minimum atomic E-state index is -1.21. The predicted molar refractivity (Wildman–Crippen MR) is 71.4 cm³/mol. The molecule has 21 heavy (non-hydrogen) atoms. The lowest BCUT2D eigenvalue weighted by molar-refractivity contribution is 0.0693. The highest BCUT2D eigenvalue weighted by molar-refractivity contribution is 5.92. The molecule has 0 amide bonds.